The molecule has 1 saturated heterocycles. The number of nitrogens with one attached hydrogen (secondary N) is 1. The summed E-state index contributed by atoms with van der Waals surface area (Å²) in [4.78, 5) is 0. The van der Waals surface area contributed by atoms with Gasteiger partial charge in [0.15, 0.2) is 0 Å². The predicted molar refractivity (Wildman–Crippen MR) is 66.3 cm³/mol. The van der Waals surface area contributed by atoms with Gasteiger partial charge in [0.2, 0.25) is 0 Å². The van der Waals surface area contributed by atoms with Crippen molar-refractivity contribution < 1.29 is 4.74 Å². The minimum Gasteiger partial charge on any atom is -0.379 e. The molecule has 0 amide bonds. The van der Waals surface area contributed by atoms with Crippen molar-refractivity contribution in [3.05, 3.63) is 28.2 Å². The molecule has 0 aliphatic carbocycles. The predicted octanol–water partition coefficient (Wildman–Crippen LogP) is 2.91. The van der Waals surface area contributed by atoms with Crippen molar-refractivity contribution in [1.29, 1.82) is 5.26 Å². The van der Waals surface area contributed by atoms with Gasteiger partial charge in [0, 0.05) is 16.8 Å². The average molecular weight is 281 g/mol. The molecule has 1 unspecified atom stereocenters. The van der Waals surface area contributed by atoms with Gasteiger partial charge in [-0.1, -0.05) is 0 Å². The van der Waals surface area contributed by atoms with Crippen molar-refractivity contribution in [3.63, 3.8) is 0 Å². The van der Waals surface area contributed by atoms with Crippen LogP contribution >= 0.6 is 15.9 Å². The summed E-state index contributed by atoms with van der Waals surface area (Å²) in [5, 5.41) is 12.2. The standard InChI is InChI=1S/C12H13BrN2O/c1-12(4-5-16-8-12)15-11-3-2-9(7-14)6-10(11)13/h2-3,6,15H,4-5,8H2,1H3. The number of anilines is 1. The summed E-state index contributed by atoms with van der Waals surface area (Å²) >= 11 is 3.46. The van der Waals surface area contributed by atoms with Crippen LogP contribution in [0, 0.1) is 11.3 Å². The second-order valence-electron chi connectivity index (χ2n) is 4.29. The Hall–Kier alpha value is -1.05. The maximum absolute atomic E-state index is 8.78. The Balaban J connectivity index is 2.19. The lowest BCUT2D eigenvalue weighted by Crippen LogP contribution is -2.35. The number of hydrogen-bond acceptors (Lipinski definition) is 3. The fourth-order valence-electron chi connectivity index (χ4n) is 1.78. The van der Waals surface area contributed by atoms with Crippen LogP contribution in [-0.2, 0) is 4.74 Å². The van der Waals surface area contributed by atoms with E-state index in [1.807, 2.05) is 18.2 Å². The fraction of sp³-hybridized carbons (Fsp3) is 0.417. The van der Waals surface area contributed by atoms with Crippen LogP contribution < -0.4 is 5.32 Å². The van der Waals surface area contributed by atoms with Gasteiger partial charge >= 0.3 is 0 Å². The molecule has 16 heavy (non-hydrogen) atoms. The molecule has 3 nitrogen and oxygen atoms in total. The fourth-order valence-corrected chi connectivity index (χ4v) is 2.25. The number of nitriles is 1. The van der Waals surface area contributed by atoms with Crippen LogP contribution in [0.2, 0.25) is 0 Å². The molecule has 1 fully saturated rings. The molecule has 0 aromatic heterocycles. The lowest BCUT2D eigenvalue weighted by Gasteiger charge is -2.25. The molecule has 2 rings (SSSR count). The van der Waals surface area contributed by atoms with E-state index in [-0.39, 0.29) is 5.54 Å². The number of ether oxygens (including phenoxy) is 1. The summed E-state index contributed by atoms with van der Waals surface area (Å²) in [6, 6.07) is 7.67. The second-order valence-corrected chi connectivity index (χ2v) is 5.15. The van der Waals surface area contributed by atoms with Gasteiger partial charge in [-0.15, -0.1) is 0 Å². The number of halogens is 1. The molecule has 1 heterocycles. The zero-order chi connectivity index (χ0) is 11.6. The molecule has 1 aliphatic rings. The Morgan fingerprint density at radius 3 is 2.94 bits per heavy atom. The summed E-state index contributed by atoms with van der Waals surface area (Å²) in [5.74, 6) is 0. The third kappa shape index (κ3) is 2.37. The molecule has 1 aromatic rings. The van der Waals surface area contributed by atoms with Crippen LogP contribution in [0.3, 0.4) is 0 Å². The Labute approximate surface area is 104 Å². The highest BCUT2D eigenvalue weighted by atomic mass is 79.9. The van der Waals surface area contributed by atoms with Crippen LogP contribution in [-0.4, -0.2) is 18.8 Å². The second kappa shape index (κ2) is 4.44. The molecule has 1 atom stereocenters. The molecule has 0 radical (unpaired) electrons. The minimum absolute atomic E-state index is 0.00329. The van der Waals surface area contributed by atoms with Crippen molar-refractivity contribution in [2.24, 2.45) is 0 Å². The maximum atomic E-state index is 8.78. The molecule has 0 spiro atoms. The maximum Gasteiger partial charge on any atom is 0.0992 e. The number of benzene rings is 1. The van der Waals surface area contributed by atoms with Gasteiger partial charge < -0.3 is 10.1 Å². The lowest BCUT2D eigenvalue weighted by molar-refractivity contribution is 0.185. The van der Waals surface area contributed by atoms with Crippen molar-refractivity contribution >= 4 is 21.6 Å². The lowest BCUT2D eigenvalue weighted by atomic mass is 10.0. The first-order valence-electron chi connectivity index (χ1n) is 5.19. The van der Waals surface area contributed by atoms with E-state index in [2.05, 4.69) is 34.2 Å². The first-order chi connectivity index (χ1) is 7.63. The zero-order valence-corrected chi connectivity index (χ0v) is 10.7. The van der Waals surface area contributed by atoms with Crippen LogP contribution in [0.5, 0.6) is 0 Å². The van der Waals surface area contributed by atoms with E-state index in [9.17, 15) is 0 Å². The number of nitrogens with zero attached hydrogens (tertiary/aromatic N) is 1. The first kappa shape index (κ1) is 11.4. The minimum atomic E-state index is -0.00329. The van der Waals surface area contributed by atoms with Gasteiger partial charge in [-0.3, -0.25) is 0 Å². The molecule has 1 aromatic carbocycles. The summed E-state index contributed by atoms with van der Waals surface area (Å²) in [5.41, 5.74) is 1.66. The molecule has 0 bridgehead atoms. The van der Waals surface area contributed by atoms with E-state index >= 15 is 0 Å². The summed E-state index contributed by atoms with van der Waals surface area (Å²) in [6.07, 6.45) is 0.999. The quantitative estimate of drug-likeness (QED) is 0.906. The summed E-state index contributed by atoms with van der Waals surface area (Å²) in [7, 11) is 0. The van der Waals surface area contributed by atoms with Gasteiger partial charge in [0.05, 0.1) is 23.8 Å². The van der Waals surface area contributed by atoms with Crippen molar-refractivity contribution in [1.82, 2.24) is 0 Å². The molecular weight excluding hydrogens is 268 g/mol. The smallest absolute Gasteiger partial charge is 0.0992 e. The molecule has 0 saturated carbocycles. The topological polar surface area (TPSA) is 45.0 Å². The summed E-state index contributed by atoms with van der Waals surface area (Å²) in [6.45, 7) is 3.67. The van der Waals surface area contributed by atoms with Crippen LogP contribution in [0.4, 0.5) is 5.69 Å². The largest absolute Gasteiger partial charge is 0.379 e. The van der Waals surface area contributed by atoms with E-state index in [0.29, 0.717) is 5.56 Å². The van der Waals surface area contributed by atoms with E-state index in [1.54, 1.807) is 0 Å². The zero-order valence-electron chi connectivity index (χ0n) is 9.09. The van der Waals surface area contributed by atoms with E-state index in [0.717, 1.165) is 29.8 Å². The van der Waals surface area contributed by atoms with Gasteiger partial charge in [-0.05, 0) is 47.5 Å². The van der Waals surface area contributed by atoms with Crippen molar-refractivity contribution in [2.75, 3.05) is 18.5 Å². The SMILES string of the molecule is CC1(Nc2ccc(C#N)cc2Br)CCOC1. The third-order valence-corrected chi connectivity index (χ3v) is 3.41. The number of hydrogen-bond donors (Lipinski definition) is 1. The Morgan fingerprint density at radius 1 is 1.56 bits per heavy atom. The van der Waals surface area contributed by atoms with Gasteiger partial charge in [0.1, 0.15) is 0 Å². The Morgan fingerprint density at radius 2 is 2.38 bits per heavy atom. The Kier molecular flexibility index (Phi) is 3.17. The van der Waals surface area contributed by atoms with Gasteiger partial charge in [-0.2, -0.15) is 5.26 Å². The van der Waals surface area contributed by atoms with Gasteiger partial charge in [-0.25, -0.2) is 0 Å². The normalized spacial score (nSPS) is 24.1. The highest BCUT2D eigenvalue weighted by Gasteiger charge is 2.29. The monoisotopic (exact) mass is 280 g/mol. The molecular formula is C12H13BrN2O. The molecule has 1 N–H and O–H groups in total. The summed E-state index contributed by atoms with van der Waals surface area (Å²) < 4.78 is 6.30. The Bertz CT molecular complexity index is 433. The van der Waals surface area contributed by atoms with Crippen LogP contribution in [0.25, 0.3) is 0 Å². The van der Waals surface area contributed by atoms with Crippen molar-refractivity contribution in [3.8, 4) is 6.07 Å². The highest BCUT2D eigenvalue weighted by Crippen LogP contribution is 2.29. The molecule has 1 aliphatic heterocycles. The van der Waals surface area contributed by atoms with Crippen LogP contribution in [0.1, 0.15) is 18.9 Å². The van der Waals surface area contributed by atoms with Gasteiger partial charge in [0.25, 0.3) is 0 Å². The van der Waals surface area contributed by atoms with Crippen LogP contribution in [0.15, 0.2) is 22.7 Å². The van der Waals surface area contributed by atoms with E-state index in [4.69, 9.17) is 10.00 Å². The molecule has 84 valence electrons. The average Bonchev–Trinajstić information content (AvgIpc) is 2.68. The molecule has 4 heteroatoms. The first-order valence-corrected chi connectivity index (χ1v) is 5.98. The number of rotatable bonds is 2. The highest BCUT2D eigenvalue weighted by molar-refractivity contribution is 9.10. The van der Waals surface area contributed by atoms with E-state index < -0.39 is 0 Å². The van der Waals surface area contributed by atoms with Crippen molar-refractivity contribution in [2.45, 2.75) is 18.9 Å². The van der Waals surface area contributed by atoms with E-state index in [1.165, 1.54) is 0 Å². The third-order valence-electron chi connectivity index (χ3n) is 2.75.